The lowest BCUT2D eigenvalue weighted by molar-refractivity contribution is -0.217. The van der Waals surface area contributed by atoms with E-state index in [1.165, 1.54) is 25.7 Å². The number of nitrogens with zero attached hydrogens (tertiary/aromatic N) is 1. The minimum Gasteiger partial charge on any atom is -0.393 e. The van der Waals surface area contributed by atoms with Crippen LogP contribution in [0.5, 0.6) is 0 Å². The molecule has 10 atom stereocenters. The van der Waals surface area contributed by atoms with Crippen LogP contribution in [0.2, 0.25) is 0 Å². The lowest BCUT2D eigenvalue weighted by Gasteiger charge is -2.65. The summed E-state index contributed by atoms with van der Waals surface area (Å²) in [4.78, 5) is 0. The molecule has 0 spiro atoms. The van der Waals surface area contributed by atoms with E-state index in [0.29, 0.717) is 41.4 Å². The standard InChI is InChI=1S/C25H41NO2/c1-5-25(28)15-18-20-7-6-19(16(2)10-13-26)23(20,3)12-9-21(18)24(4)11-8-17(27)14-22(24)25/h16-22,27-28H,5-12,14-15H2,1-4H3/t16-,17-,18+,19-,20+,21+,22-,23-,24-,25-/m1/s1. The molecule has 4 rings (SSSR count). The first kappa shape index (κ1) is 20.7. The first-order valence-corrected chi connectivity index (χ1v) is 12.0. The summed E-state index contributed by atoms with van der Waals surface area (Å²) < 4.78 is 0. The van der Waals surface area contributed by atoms with Crippen molar-refractivity contribution in [2.24, 2.45) is 46.3 Å². The van der Waals surface area contributed by atoms with Crippen LogP contribution in [-0.4, -0.2) is 21.9 Å². The molecule has 0 aliphatic heterocycles. The Kier molecular flexibility index (Phi) is 5.16. The molecule has 0 aromatic heterocycles. The quantitative estimate of drug-likeness (QED) is 0.690. The molecular weight excluding hydrogens is 346 g/mol. The van der Waals surface area contributed by atoms with E-state index in [2.05, 4.69) is 33.8 Å². The topological polar surface area (TPSA) is 64.2 Å². The molecule has 0 saturated heterocycles. The third kappa shape index (κ3) is 2.81. The molecule has 4 fully saturated rings. The van der Waals surface area contributed by atoms with Gasteiger partial charge in [0.1, 0.15) is 0 Å². The van der Waals surface area contributed by atoms with Crippen LogP contribution < -0.4 is 0 Å². The van der Waals surface area contributed by atoms with Crippen molar-refractivity contribution >= 4 is 0 Å². The molecule has 4 saturated carbocycles. The van der Waals surface area contributed by atoms with Crippen LogP contribution in [0.4, 0.5) is 0 Å². The number of nitriles is 1. The molecule has 28 heavy (non-hydrogen) atoms. The number of hydrogen-bond donors (Lipinski definition) is 2. The van der Waals surface area contributed by atoms with Crippen molar-refractivity contribution in [3.8, 4) is 6.07 Å². The van der Waals surface area contributed by atoms with E-state index < -0.39 is 5.60 Å². The number of aliphatic hydroxyl groups is 2. The third-order valence-electron chi connectivity index (χ3n) is 10.6. The van der Waals surface area contributed by atoms with Gasteiger partial charge in [-0.3, -0.25) is 0 Å². The summed E-state index contributed by atoms with van der Waals surface area (Å²) in [5.41, 5.74) is -0.111. The highest BCUT2D eigenvalue weighted by Gasteiger charge is 2.65. The molecule has 0 aromatic carbocycles. The fourth-order valence-electron chi connectivity index (χ4n) is 9.18. The van der Waals surface area contributed by atoms with Gasteiger partial charge in [-0.2, -0.15) is 5.26 Å². The minimum absolute atomic E-state index is 0.171. The minimum atomic E-state index is -0.619. The molecule has 0 amide bonds. The first-order valence-electron chi connectivity index (χ1n) is 12.0. The van der Waals surface area contributed by atoms with E-state index in [1.54, 1.807) is 0 Å². The second-order valence-electron chi connectivity index (χ2n) is 11.6. The summed E-state index contributed by atoms with van der Waals surface area (Å²) in [6.45, 7) is 9.41. The molecule has 2 N–H and O–H groups in total. The Morgan fingerprint density at radius 1 is 1.07 bits per heavy atom. The fraction of sp³-hybridized carbons (Fsp3) is 0.960. The van der Waals surface area contributed by atoms with Gasteiger partial charge in [-0.15, -0.1) is 0 Å². The van der Waals surface area contributed by atoms with E-state index in [0.717, 1.165) is 32.1 Å². The van der Waals surface area contributed by atoms with Crippen LogP contribution in [0, 0.1) is 57.7 Å². The lowest BCUT2D eigenvalue weighted by atomic mass is 9.41. The van der Waals surface area contributed by atoms with Crippen molar-refractivity contribution in [2.75, 3.05) is 0 Å². The summed E-state index contributed by atoms with van der Waals surface area (Å²) in [7, 11) is 0. The maximum atomic E-state index is 11.8. The van der Waals surface area contributed by atoms with E-state index in [-0.39, 0.29) is 17.4 Å². The van der Waals surface area contributed by atoms with Crippen molar-refractivity contribution in [1.29, 1.82) is 5.26 Å². The molecule has 3 nitrogen and oxygen atoms in total. The van der Waals surface area contributed by atoms with Crippen molar-refractivity contribution < 1.29 is 10.2 Å². The number of rotatable bonds is 3. The largest absolute Gasteiger partial charge is 0.393 e. The van der Waals surface area contributed by atoms with Crippen LogP contribution >= 0.6 is 0 Å². The Hall–Kier alpha value is -0.590. The highest BCUT2D eigenvalue weighted by atomic mass is 16.3. The monoisotopic (exact) mass is 387 g/mol. The zero-order valence-electron chi connectivity index (χ0n) is 18.5. The predicted octanol–water partition coefficient (Wildman–Crippen LogP) is 5.31. The molecule has 4 aliphatic rings. The molecule has 0 radical (unpaired) electrons. The summed E-state index contributed by atoms with van der Waals surface area (Å²) in [6.07, 6.45) is 10.0. The van der Waals surface area contributed by atoms with E-state index >= 15 is 0 Å². The Labute approximate surface area is 171 Å². The van der Waals surface area contributed by atoms with Crippen LogP contribution in [-0.2, 0) is 0 Å². The summed E-state index contributed by atoms with van der Waals surface area (Å²) in [6, 6.07) is 2.42. The molecule has 0 bridgehead atoms. The Morgan fingerprint density at radius 2 is 1.75 bits per heavy atom. The average Bonchev–Trinajstić information content (AvgIpc) is 3.01. The number of hydrogen-bond acceptors (Lipinski definition) is 3. The maximum absolute atomic E-state index is 11.8. The van der Waals surface area contributed by atoms with Gasteiger partial charge < -0.3 is 10.2 Å². The van der Waals surface area contributed by atoms with Gasteiger partial charge in [0.15, 0.2) is 0 Å². The second kappa shape index (κ2) is 6.98. The van der Waals surface area contributed by atoms with Crippen molar-refractivity contribution in [3.05, 3.63) is 0 Å². The molecule has 3 heteroatoms. The van der Waals surface area contributed by atoms with E-state index in [9.17, 15) is 15.5 Å². The summed E-state index contributed by atoms with van der Waals surface area (Å²) in [5.74, 6) is 3.39. The molecule has 0 unspecified atom stereocenters. The summed E-state index contributed by atoms with van der Waals surface area (Å²) >= 11 is 0. The lowest BCUT2D eigenvalue weighted by Crippen LogP contribution is -2.63. The highest BCUT2D eigenvalue weighted by Crippen LogP contribution is 2.70. The van der Waals surface area contributed by atoms with Gasteiger partial charge in [-0.1, -0.05) is 27.7 Å². The normalized spacial score (nSPS) is 54.2. The zero-order chi connectivity index (χ0) is 20.3. The van der Waals surface area contributed by atoms with Gasteiger partial charge in [-0.25, -0.2) is 0 Å². The smallest absolute Gasteiger partial charge is 0.0682 e. The average molecular weight is 388 g/mol. The summed E-state index contributed by atoms with van der Waals surface area (Å²) in [5, 5.41) is 31.4. The van der Waals surface area contributed by atoms with Crippen molar-refractivity contribution in [1.82, 2.24) is 0 Å². The van der Waals surface area contributed by atoms with Crippen LogP contribution in [0.25, 0.3) is 0 Å². The Bertz CT molecular complexity index is 643. The Balaban J connectivity index is 1.67. The van der Waals surface area contributed by atoms with E-state index in [1.807, 2.05) is 0 Å². The van der Waals surface area contributed by atoms with Crippen LogP contribution in [0.15, 0.2) is 0 Å². The molecule has 0 aromatic rings. The van der Waals surface area contributed by atoms with Gasteiger partial charge in [0, 0.05) is 6.42 Å². The highest BCUT2D eigenvalue weighted by molar-refractivity contribution is 5.14. The van der Waals surface area contributed by atoms with Gasteiger partial charge in [0.05, 0.1) is 17.8 Å². The molecule has 0 heterocycles. The van der Waals surface area contributed by atoms with E-state index in [4.69, 9.17) is 0 Å². The Morgan fingerprint density at radius 3 is 2.43 bits per heavy atom. The molecular formula is C25H41NO2. The van der Waals surface area contributed by atoms with Gasteiger partial charge in [0.2, 0.25) is 0 Å². The number of aliphatic hydroxyl groups excluding tert-OH is 1. The maximum Gasteiger partial charge on any atom is 0.0682 e. The van der Waals surface area contributed by atoms with Crippen LogP contribution in [0.1, 0.15) is 91.9 Å². The van der Waals surface area contributed by atoms with Crippen LogP contribution in [0.3, 0.4) is 0 Å². The SMILES string of the molecule is CC[C@@]1(O)C[C@H]2[C@@H]3CC[C@H]([C@H](C)CC#N)[C@@]3(C)CC[C@@H]2[C@@]2(C)CC[C@@H](O)C[C@@H]12. The van der Waals surface area contributed by atoms with Gasteiger partial charge in [-0.05, 0) is 104 Å². The predicted molar refractivity (Wildman–Crippen MR) is 111 cm³/mol. The van der Waals surface area contributed by atoms with Crippen molar-refractivity contribution in [2.45, 2.75) is 104 Å². The fourth-order valence-corrected chi connectivity index (χ4v) is 9.18. The van der Waals surface area contributed by atoms with Gasteiger partial charge >= 0.3 is 0 Å². The van der Waals surface area contributed by atoms with Gasteiger partial charge in [0.25, 0.3) is 0 Å². The molecule has 4 aliphatic carbocycles. The third-order valence-corrected chi connectivity index (χ3v) is 10.6. The zero-order valence-corrected chi connectivity index (χ0v) is 18.5. The molecule has 158 valence electrons. The first-order chi connectivity index (χ1) is 13.2. The second-order valence-corrected chi connectivity index (χ2v) is 11.6. The van der Waals surface area contributed by atoms with Crippen molar-refractivity contribution in [3.63, 3.8) is 0 Å². The number of fused-ring (bicyclic) bond motifs is 5.